The molecule has 0 unspecified atom stereocenters. The first-order valence-corrected chi connectivity index (χ1v) is 6.84. The van der Waals surface area contributed by atoms with Crippen molar-refractivity contribution in [1.29, 1.82) is 0 Å². The lowest BCUT2D eigenvalue weighted by atomic mass is 10.2. The van der Waals surface area contributed by atoms with Crippen LogP contribution in [0.5, 0.6) is 0 Å². The zero-order valence-corrected chi connectivity index (χ0v) is 12.4. The highest BCUT2D eigenvalue weighted by molar-refractivity contribution is 5.56. The molecule has 0 radical (unpaired) electrons. The van der Waals surface area contributed by atoms with E-state index in [0.29, 0.717) is 11.9 Å². The molecule has 4 N–H and O–H groups in total. The van der Waals surface area contributed by atoms with Gasteiger partial charge in [0.2, 0.25) is 0 Å². The Labute approximate surface area is 115 Å². The van der Waals surface area contributed by atoms with Gasteiger partial charge in [0, 0.05) is 18.2 Å². The normalized spacial score (nSPS) is 11.1. The van der Waals surface area contributed by atoms with Gasteiger partial charge in [0.15, 0.2) is 0 Å². The molecule has 0 amide bonds. The van der Waals surface area contributed by atoms with Gasteiger partial charge >= 0.3 is 0 Å². The molecule has 6 heteroatoms. The molecule has 1 aromatic rings. The number of nitrogens with zero attached hydrogens (tertiary/aromatic N) is 3. The third kappa shape index (κ3) is 4.65. The van der Waals surface area contributed by atoms with E-state index in [2.05, 4.69) is 53.4 Å². The van der Waals surface area contributed by atoms with Gasteiger partial charge in [0.1, 0.15) is 18.0 Å². The van der Waals surface area contributed by atoms with Crippen molar-refractivity contribution in [2.45, 2.75) is 39.7 Å². The third-order valence-corrected chi connectivity index (χ3v) is 3.30. The Morgan fingerprint density at radius 3 is 2.58 bits per heavy atom. The van der Waals surface area contributed by atoms with E-state index in [1.54, 1.807) is 0 Å². The number of anilines is 2. The number of hydrazine groups is 1. The SMILES string of the molecule is CCc1c(NN)ncnc1NCCCN(C)C(C)C. The largest absolute Gasteiger partial charge is 0.370 e. The third-order valence-electron chi connectivity index (χ3n) is 3.30. The van der Waals surface area contributed by atoms with Crippen LogP contribution in [0.25, 0.3) is 0 Å². The first-order chi connectivity index (χ1) is 9.10. The molecule has 6 nitrogen and oxygen atoms in total. The molecule has 108 valence electrons. The van der Waals surface area contributed by atoms with Crippen LogP contribution in [0.1, 0.15) is 32.8 Å². The van der Waals surface area contributed by atoms with Gasteiger partial charge in [0.25, 0.3) is 0 Å². The lowest BCUT2D eigenvalue weighted by molar-refractivity contribution is 0.273. The summed E-state index contributed by atoms with van der Waals surface area (Å²) in [4.78, 5) is 10.7. The summed E-state index contributed by atoms with van der Waals surface area (Å²) < 4.78 is 0. The fourth-order valence-electron chi connectivity index (χ4n) is 1.82. The van der Waals surface area contributed by atoms with Gasteiger partial charge in [-0.15, -0.1) is 0 Å². The molecule has 0 aliphatic rings. The number of nitrogens with one attached hydrogen (secondary N) is 2. The average Bonchev–Trinajstić information content (AvgIpc) is 2.42. The fraction of sp³-hybridized carbons (Fsp3) is 0.692. The van der Waals surface area contributed by atoms with Gasteiger partial charge in [-0.25, -0.2) is 15.8 Å². The Bertz CT molecular complexity index is 379. The summed E-state index contributed by atoms with van der Waals surface area (Å²) in [6.45, 7) is 8.43. The molecular weight excluding hydrogens is 240 g/mol. The molecule has 0 saturated heterocycles. The van der Waals surface area contributed by atoms with Crippen LogP contribution in [0.15, 0.2) is 6.33 Å². The molecule has 0 bridgehead atoms. The molecule has 19 heavy (non-hydrogen) atoms. The molecule has 0 aliphatic heterocycles. The van der Waals surface area contributed by atoms with Crippen LogP contribution in [0.3, 0.4) is 0 Å². The minimum atomic E-state index is 0.582. The van der Waals surface area contributed by atoms with Gasteiger partial charge in [-0.3, -0.25) is 0 Å². The highest BCUT2D eigenvalue weighted by Crippen LogP contribution is 2.19. The molecule has 0 fully saturated rings. The maximum atomic E-state index is 5.45. The van der Waals surface area contributed by atoms with E-state index in [0.717, 1.165) is 37.3 Å². The van der Waals surface area contributed by atoms with Crippen LogP contribution in [-0.4, -0.2) is 41.0 Å². The van der Waals surface area contributed by atoms with E-state index >= 15 is 0 Å². The van der Waals surface area contributed by atoms with Crippen LogP contribution >= 0.6 is 0 Å². The Morgan fingerprint density at radius 2 is 2.00 bits per heavy atom. The van der Waals surface area contributed by atoms with Crippen molar-refractivity contribution in [2.75, 3.05) is 30.9 Å². The predicted molar refractivity (Wildman–Crippen MR) is 80.1 cm³/mol. The second-order valence-electron chi connectivity index (χ2n) is 4.90. The zero-order chi connectivity index (χ0) is 14.3. The molecule has 0 spiro atoms. The molecule has 0 aliphatic carbocycles. The summed E-state index contributed by atoms with van der Waals surface area (Å²) in [7, 11) is 2.14. The van der Waals surface area contributed by atoms with Crippen molar-refractivity contribution in [1.82, 2.24) is 14.9 Å². The zero-order valence-electron chi connectivity index (χ0n) is 12.4. The summed E-state index contributed by atoms with van der Waals surface area (Å²) >= 11 is 0. The summed E-state index contributed by atoms with van der Waals surface area (Å²) in [6.07, 6.45) is 3.44. The second kappa shape index (κ2) is 7.91. The molecule has 0 aromatic carbocycles. The summed E-state index contributed by atoms with van der Waals surface area (Å²) in [5, 5.41) is 3.36. The average molecular weight is 266 g/mol. The Kier molecular flexibility index (Phi) is 6.52. The van der Waals surface area contributed by atoms with Crippen molar-refractivity contribution in [3.05, 3.63) is 11.9 Å². The minimum absolute atomic E-state index is 0.582. The van der Waals surface area contributed by atoms with E-state index in [4.69, 9.17) is 5.84 Å². The predicted octanol–water partition coefficient (Wildman–Crippen LogP) is 1.47. The molecule has 1 aromatic heterocycles. The molecule has 0 saturated carbocycles. The van der Waals surface area contributed by atoms with Crippen molar-refractivity contribution in [3.8, 4) is 0 Å². The number of hydrogen-bond acceptors (Lipinski definition) is 6. The van der Waals surface area contributed by atoms with Crippen LogP contribution in [0.4, 0.5) is 11.6 Å². The lowest BCUT2D eigenvalue weighted by Crippen LogP contribution is -2.28. The fourth-order valence-corrected chi connectivity index (χ4v) is 1.82. The molecular formula is C13H26N6. The molecule has 1 heterocycles. The topological polar surface area (TPSA) is 79.1 Å². The van der Waals surface area contributed by atoms with Gasteiger partial charge in [-0.05, 0) is 40.3 Å². The maximum Gasteiger partial charge on any atom is 0.148 e. The van der Waals surface area contributed by atoms with Gasteiger partial charge in [0.05, 0.1) is 0 Å². The number of nitrogens with two attached hydrogens (primary N) is 1. The van der Waals surface area contributed by atoms with Gasteiger partial charge in [-0.2, -0.15) is 0 Å². The number of nitrogen functional groups attached to an aromatic ring is 1. The van der Waals surface area contributed by atoms with Crippen molar-refractivity contribution in [3.63, 3.8) is 0 Å². The second-order valence-corrected chi connectivity index (χ2v) is 4.90. The Balaban J connectivity index is 2.49. The summed E-state index contributed by atoms with van der Waals surface area (Å²) in [6, 6.07) is 0.582. The number of rotatable bonds is 8. The van der Waals surface area contributed by atoms with Gasteiger partial charge < -0.3 is 15.6 Å². The Morgan fingerprint density at radius 1 is 1.32 bits per heavy atom. The van der Waals surface area contributed by atoms with E-state index < -0.39 is 0 Å². The maximum absolute atomic E-state index is 5.45. The van der Waals surface area contributed by atoms with E-state index in [9.17, 15) is 0 Å². The Hall–Kier alpha value is -1.40. The standard InChI is InChI=1S/C13H26N6/c1-5-11-12(16-9-17-13(11)18-14)15-7-6-8-19(4)10(2)3/h9-10H,5-8,14H2,1-4H3,(H2,15,16,17,18). The first kappa shape index (κ1) is 15.7. The number of aromatic nitrogens is 2. The lowest BCUT2D eigenvalue weighted by Gasteiger charge is -2.21. The smallest absolute Gasteiger partial charge is 0.148 e. The monoisotopic (exact) mass is 266 g/mol. The minimum Gasteiger partial charge on any atom is -0.370 e. The molecule has 0 atom stereocenters. The van der Waals surface area contributed by atoms with Gasteiger partial charge in [-0.1, -0.05) is 6.92 Å². The van der Waals surface area contributed by atoms with Crippen LogP contribution in [-0.2, 0) is 6.42 Å². The van der Waals surface area contributed by atoms with Crippen molar-refractivity contribution in [2.24, 2.45) is 5.84 Å². The first-order valence-electron chi connectivity index (χ1n) is 6.84. The number of hydrogen-bond donors (Lipinski definition) is 3. The molecule has 1 rings (SSSR count). The van der Waals surface area contributed by atoms with Crippen LogP contribution in [0.2, 0.25) is 0 Å². The van der Waals surface area contributed by atoms with E-state index in [1.807, 2.05) is 0 Å². The summed E-state index contributed by atoms with van der Waals surface area (Å²) in [5.41, 5.74) is 3.64. The van der Waals surface area contributed by atoms with Crippen LogP contribution < -0.4 is 16.6 Å². The van der Waals surface area contributed by atoms with E-state index in [1.165, 1.54) is 6.33 Å². The van der Waals surface area contributed by atoms with E-state index in [-0.39, 0.29) is 0 Å². The van der Waals surface area contributed by atoms with Crippen molar-refractivity contribution < 1.29 is 0 Å². The highest BCUT2D eigenvalue weighted by atomic mass is 15.3. The quantitative estimate of drug-likeness (QED) is 0.376. The summed E-state index contributed by atoms with van der Waals surface area (Å²) in [5.74, 6) is 7.01. The van der Waals surface area contributed by atoms with Crippen LogP contribution in [0, 0.1) is 0 Å². The van der Waals surface area contributed by atoms with Crippen molar-refractivity contribution >= 4 is 11.6 Å². The highest BCUT2D eigenvalue weighted by Gasteiger charge is 2.08.